The zero-order chi connectivity index (χ0) is 17.7. The second-order valence-corrected chi connectivity index (χ2v) is 6.48. The van der Waals surface area contributed by atoms with Crippen LogP contribution in [0.4, 0.5) is 5.69 Å². The lowest BCUT2D eigenvalue weighted by Crippen LogP contribution is -2.39. The van der Waals surface area contributed by atoms with Crippen molar-refractivity contribution in [2.75, 3.05) is 24.5 Å². The summed E-state index contributed by atoms with van der Waals surface area (Å²) in [5.74, 6) is -0.634. The van der Waals surface area contributed by atoms with E-state index >= 15 is 0 Å². The zero-order valence-electron chi connectivity index (χ0n) is 14.5. The first-order chi connectivity index (χ1) is 11.4. The van der Waals surface area contributed by atoms with E-state index in [1.807, 2.05) is 45.0 Å². The average molecular weight is 331 g/mol. The standard InChI is InChI=1S/C18H25N3O3/c1-12(2)17(23)19-8-9-20-18(24)14-10-16(22)21(11-14)15-6-4-13(3)5-7-15/h4-7,12,14H,8-11H2,1-3H3,(H,19,23)(H,20,24). The van der Waals surface area contributed by atoms with Gasteiger partial charge in [-0.25, -0.2) is 0 Å². The minimum Gasteiger partial charge on any atom is -0.354 e. The van der Waals surface area contributed by atoms with Crippen LogP contribution in [0.2, 0.25) is 0 Å². The molecule has 0 spiro atoms. The summed E-state index contributed by atoms with van der Waals surface area (Å²) in [5.41, 5.74) is 1.95. The van der Waals surface area contributed by atoms with Crippen LogP contribution in [-0.2, 0) is 14.4 Å². The predicted octanol–water partition coefficient (Wildman–Crippen LogP) is 1.24. The van der Waals surface area contributed by atoms with Gasteiger partial charge in [0, 0.05) is 37.7 Å². The van der Waals surface area contributed by atoms with E-state index in [4.69, 9.17) is 0 Å². The normalized spacial score (nSPS) is 17.2. The van der Waals surface area contributed by atoms with Gasteiger partial charge in [-0.15, -0.1) is 0 Å². The highest BCUT2D eigenvalue weighted by Gasteiger charge is 2.34. The third kappa shape index (κ3) is 4.57. The highest BCUT2D eigenvalue weighted by atomic mass is 16.2. The van der Waals surface area contributed by atoms with E-state index in [1.165, 1.54) is 0 Å². The highest BCUT2D eigenvalue weighted by Crippen LogP contribution is 2.25. The largest absolute Gasteiger partial charge is 0.354 e. The van der Waals surface area contributed by atoms with E-state index < -0.39 is 0 Å². The quantitative estimate of drug-likeness (QED) is 0.770. The van der Waals surface area contributed by atoms with Crippen molar-refractivity contribution in [3.63, 3.8) is 0 Å². The molecule has 1 saturated heterocycles. The van der Waals surface area contributed by atoms with Gasteiger partial charge in [-0.2, -0.15) is 0 Å². The van der Waals surface area contributed by atoms with Gasteiger partial charge in [-0.3, -0.25) is 14.4 Å². The fraction of sp³-hybridized carbons (Fsp3) is 0.500. The van der Waals surface area contributed by atoms with Crippen molar-refractivity contribution in [2.24, 2.45) is 11.8 Å². The van der Waals surface area contributed by atoms with Crippen molar-refractivity contribution in [3.8, 4) is 0 Å². The second kappa shape index (κ2) is 7.95. The Bertz CT molecular complexity index is 610. The van der Waals surface area contributed by atoms with Gasteiger partial charge in [0.1, 0.15) is 0 Å². The molecule has 1 aliphatic rings. The first kappa shape index (κ1) is 18.0. The Kier molecular flexibility index (Phi) is 5.95. The maximum atomic E-state index is 12.2. The third-order valence-electron chi connectivity index (χ3n) is 4.09. The Labute approximate surface area is 142 Å². The smallest absolute Gasteiger partial charge is 0.227 e. The Morgan fingerprint density at radius 1 is 1.17 bits per heavy atom. The van der Waals surface area contributed by atoms with Crippen LogP contribution in [0, 0.1) is 18.8 Å². The highest BCUT2D eigenvalue weighted by molar-refractivity contribution is 6.00. The zero-order valence-corrected chi connectivity index (χ0v) is 14.5. The second-order valence-electron chi connectivity index (χ2n) is 6.48. The number of benzene rings is 1. The molecular formula is C18H25N3O3. The summed E-state index contributed by atoms with van der Waals surface area (Å²) in [6.45, 7) is 6.78. The number of hydrogen-bond acceptors (Lipinski definition) is 3. The molecular weight excluding hydrogens is 306 g/mol. The lowest BCUT2D eigenvalue weighted by molar-refractivity contribution is -0.126. The third-order valence-corrected chi connectivity index (χ3v) is 4.09. The Balaban J connectivity index is 1.81. The van der Waals surface area contributed by atoms with Gasteiger partial charge in [0.15, 0.2) is 0 Å². The van der Waals surface area contributed by atoms with Crippen molar-refractivity contribution >= 4 is 23.4 Å². The van der Waals surface area contributed by atoms with Crippen LogP contribution in [0.15, 0.2) is 24.3 Å². The monoisotopic (exact) mass is 331 g/mol. The molecule has 1 aromatic rings. The minimum absolute atomic E-state index is 0.0351. The first-order valence-electron chi connectivity index (χ1n) is 8.31. The number of nitrogens with one attached hydrogen (secondary N) is 2. The number of rotatable bonds is 6. The topological polar surface area (TPSA) is 78.5 Å². The summed E-state index contributed by atoms with van der Waals surface area (Å²) in [4.78, 5) is 37.4. The fourth-order valence-electron chi connectivity index (χ4n) is 2.58. The van der Waals surface area contributed by atoms with Gasteiger partial charge >= 0.3 is 0 Å². The average Bonchev–Trinajstić information content (AvgIpc) is 2.93. The summed E-state index contributed by atoms with van der Waals surface area (Å²) in [6, 6.07) is 7.70. The molecule has 1 fully saturated rings. The van der Waals surface area contributed by atoms with Crippen LogP contribution < -0.4 is 15.5 Å². The van der Waals surface area contributed by atoms with E-state index in [0.717, 1.165) is 11.3 Å². The maximum Gasteiger partial charge on any atom is 0.227 e. The van der Waals surface area contributed by atoms with E-state index in [9.17, 15) is 14.4 Å². The molecule has 3 amide bonds. The lowest BCUT2D eigenvalue weighted by Gasteiger charge is -2.17. The van der Waals surface area contributed by atoms with E-state index in [1.54, 1.807) is 4.90 Å². The molecule has 0 radical (unpaired) electrons. The number of carbonyl (C=O) groups is 3. The Hall–Kier alpha value is -2.37. The van der Waals surface area contributed by atoms with Crippen molar-refractivity contribution in [1.29, 1.82) is 0 Å². The van der Waals surface area contributed by atoms with Crippen LogP contribution in [0.5, 0.6) is 0 Å². The molecule has 24 heavy (non-hydrogen) atoms. The number of anilines is 1. The Morgan fingerprint density at radius 3 is 2.42 bits per heavy atom. The predicted molar refractivity (Wildman–Crippen MR) is 92.5 cm³/mol. The Morgan fingerprint density at radius 2 is 1.79 bits per heavy atom. The molecule has 0 aromatic heterocycles. The van der Waals surface area contributed by atoms with Gasteiger partial charge in [0.05, 0.1) is 5.92 Å². The molecule has 1 heterocycles. The molecule has 2 N–H and O–H groups in total. The molecule has 1 atom stereocenters. The van der Waals surface area contributed by atoms with Gasteiger partial charge in [0.2, 0.25) is 17.7 Å². The lowest BCUT2D eigenvalue weighted by atomic mass is 10.1. The number of amides is 3. The van der Waals surface area contributed by atoms with Crippen LogP contribution in [0.1, 0.15) is 25.8 Å². The van der Waals surface area contributed by atoms with E-state index in [2.05, 4.69) is 10.6 Å². The summed E-state index contributed by atoms with van der Waals surface area (Å²) in [6.07, 6.45) is 0.220. The molecule has 1 unspecified atom stereocenters. The van der Waals surface area contributed by atoms with Crippen LogP contribution >= 0.6 is 0 Å². The number of carbonyl (C=O) groups excluding carboxylic acids is 3. The molecule has 2 rings (SSSR count). The van der Waals surface area contributed by atoms with Gasteiger partial charge in [-0.1, -0.05) is 31.5 Å². The summed E-state index contributed by atoms with van der Waals surface area (Å²) < 4.78 is 0. The minimum atomic E-state index is -0.348. The van der Waals surface area contributed by atoms with Crippen molar-refractivity contribution in [1.82, 2.24) is 10.6 Å². The van der Waals surface area contributed by atoms with Crippen LogP contribution in [0.3, 0.4) is 0 Å². The SMILES string of the molecule is Cc1ccc(N2CC(C(=O)NCCNC(=O)C(C)C)CC2=O)cc1. The number of hydrogen-bond donors (Lipinski definition) is 2. The summed E-state index contributed by atoms with van der Waals surface area (Å²) >= 11 is 0. The maximum absolute atomic E-state index is 12.2. The molecule has 130 valence electrons. The molecule has 1 aromatic carbocycles. The molecule has 0 saturated carbocycles. The molecule has 6 nitrogen and oxygen atoms in total. The van der Waals surface area contributed by atoms with Gasteiger partial charge in [-0.05, 0) is 19.1 Å². The number of nitrogens with zero attached hydrogens (tertiary/aromatic N) is 1. The van der Waals surface area contributed by atoms with Gasteiger partial charge < -0.3 is 15.5 Å². The molecule has 0 aliphatic carbocycles. The van der Waals surface area contributed by atoms with Crippen molar-refractivity contribution in [2.45, 2.75) is 27.2 Å². The number of aryl methyl sites for hydroxylation is 1. The summed E-state index contributed by atoms with van der Waals surface area (Å²) in [5, 5.41) is 5.53. The van der Waals surface area contributed by atoms with Crippen molar-refractivity contribution < 1.29 is 14.4 Å². The molecule has 6 heteroatoms. The van der Waals surface area contributed by atoms with Crippen molar-refractivity contribution in [3.05, 3.63) is 29.8 Å². The first-order valence-corrected chi connectivity index (χ1v) is 8.31. The van der Waals surface area contributed by atoms with Gasteiger partial charge in [0.25, 0.3) is 0 Å². The van der Waals surface area contributed by atoms with E-state index in [0.29, 0.717) is 19.6 Å². The van der Waals surface area contributed by atoms with Crippen LogP contribution in [-0.4, -0.2) is 37.4 Å². The fourth-order valence-corrected chi connectivity index (χ4v) is 2.58. The summed E-state index contributed by atoms with van der Waals surface area (Å²) in [7, 11) is 0. The molecule has 0 bridgehead atoms. The van der Waals surface area contributed by atoms with Crippen LogP contribution in [0.25, 0.3) is 0 Å². The molecule has 1 aliphatic heterocycles. The van der Waals surface area contributed by atoms with E-state index in [-0.39, 0.29) is 36.0 Å².